The molecule has 0 radical (unpaired) electrons. The van der Waals surface area contributed by atoms with Crippen molar-refractivity contribution >= 4 is 21.9 Å². The predicted octanol–water partition coefficient (Wildman–Crippen LogP) is 1.47. The Labute approximate surface area is 98.4 Å². The first-order chi connectivity index (χ1) is 7.34. The average Bonchev–Trinajstić information content (AvgIpc) is 2.19. The first-order valence-electron chi connectivity index (χ1n) is 4.21. The molecule has 5 nitrogen and oxygen atoms in total. The van der Waals surface area contributed by atoms with Crippen molar-refractivity contribution in [3.05, 3.63) is 21.9 Å². The summed E-state index contributed by atoms with van der Waals surface area (Å²) in [6.07, 6.45) is -0.439. The van der Waals surface area contributed by atoms with E-state index < -0.39 is 35.7 Å². The van der Waals surface area contributed by atoms with Gasteiger partial charge in [0.15, 0.2) is 17.3 Å². The van der Waals surface area contributed by atoms with Gasteiger partial charge in [-0.3, -0.25) is 4.79 Å². The highest BCUT2D eigenvalue weighted by molar-refractivity contribution is 9.10. The van der Waals surface area contributed by atoms with Crippen LogP contribution in [0.1, 0.15) is 18.0 Å². The Morgan fingerprint density at radius 1 is 1.50 bits per heavy atom. The lowest BCUT2D eigenvalue weighted by Gasteiger charge is -2.13. The van der Waals surface area contributed by atoms with Crippen LogP contribution in [0.25, 0.3) is 0 Å². The van der Waals surface area contributed by atoms with Crippen LogP contribution >= 0.6 is 15.9 Å². The highest BCUT2D eigenvalue weighted by Gasteiger charge is 2.21. The fourth-order valence-corrected chi connectivity index (χ4v) is 1.64. The van der Waals surface area contributed by atoms with E-state index in [1.807, 2.05) is 0 Å². The molecule has 1 unspecified atom stereocenters. The molecule has 0 bridgehead atoms. The molecule has 0 fully saturated rings. The van der Waals surface area contributed by atoms with Crippen molar-refractivity contribution in [1.82, 2.24) is 0 Å². The fourth-order valence-electron chi connectivity index (χ4n) is 1.20. The van der Waals surface area contributed by atoms with Gasteiger partial charge in [0.1, 0.15) is 0 Å². The number of carboxylic acid groups (broad SMARTS) is 1. The summed E-state index contributed by atoms with van der Waals surface area (Å²) in [6.45, 7) is 0. The molecular formula is C9H9BrFNO4. The van der Waals surface area contributed by atoms with E-state index in [-0.39, 0.29) is 10.0 Å². The lowest BCUT2D eigenvalue weighted by Crippen LogP contribution is -2.15. The SMILES string of the molecule is NC(CC(=O)O)c1cc(Br)c(F)c(O)c1O. The maximum atomic E-state index is 13.1. The summed E-state index contributed by atoms with van der Waals surface area (Å²) in [5.74, 6) is -3.88. The van der Waals surface area contributed by atoms with Crippen LogP contribution in [0.5, 0.6) is 11.5 Å². The molecule has 0 aliphatic carbocycles. The van der Waals surface area contributed by atoms with Crippen molar-refractivity contribution in [2.24, 2.45) is 5.73 Å². The van der Waals surface area contributed by atoms with Crippen LogP contribution in [-0.4, -0.2) is 21.3 Å². The van der Waals surface area contributed by atoms with Crippen LogP contribution in [-0.2, 0) is 4.79 Å². The third-order valence-electron chi connectivity index (χ3n) is 1.99. The quantitative estimate of drug-likeness (QED) is 0.632. The van der Waals surface area contributed by atoms with Crippen molar-refractivity contribution in [2.45, 2.75) is 12.5 Å². The number of nitrogens with two attached hydrogens (primary N) is 1. The first-order valence-corrected chi connectivity index (χ1v) is 5.01. The molecule has 88 valence electrons. The molecule has 1 atom stereocenters. The highest BCUT2D eigenvalue weighted by atomic mass is 79.9. The molecule has 1 rings (SSSR count). The predicted molar refractivity (Wildman–Crippen MR) is 56.6 cm³/mol. The number of hydrogen-bond acceptors (Lipinski definition) is 4. The maximum absolute atomic E-state index is 13.1. The Balaban J connectivity index is 3.19. The van der Waals surface area contributed by atoms with E-state index in [0.29, 0.717) is 0 Å². The smallest absolute Gasteiger partial charge is 0.305 e. The van der Waals surface area contributed by atoms with Gasteiger partial charge in [0, 0.05) is 11.6 Å². The molecule has 1 aromatic carbocycles. The van der Waals surface area contributed by atoms with Crippen LogP contribution in [0.4, 0.5) is 4.39 Å². The Morgan fingerprint density at radius 3 is 2.56 bits per heavy atom. The van der Waals surface area contributed by atoms with Crippen LogP contribution in [0.15, 0.2) is 10.5 Å². The lowest BCUT2D eigenvalue weighted by molar-refractivity contribution is -0.137. The normalized spacial score (nSPS) is 12.4. The van der Waals surface area contributed by atoms with E-state index in [1.54, 1.807) is 0 Å². The number of aliphatic carboxylic acids is 1. The zero-order valence-electron chi connectivity index (χ0n) is 7.94. The zero-order chi connectivity index (χ0) is 12.5. The molecule has 5 N–H and O–H groups in total. The molecule has 0 aliphatic heterocycles. The van der Waals surface area contributed by atoms with Gasteiger partial charge in [-0.15, -0.1) is 0 Å². The van der Waals surface area contributed by atoms with Crippen LogP contribution in [0.2, 0.25) is 0 Å². The molecule has 1 aromatic rings. The van der Waals surface area contributed by atoms with E-state index >= 15 is 0 Å². The number of carboxylic acids is 1. The van der Waals surface area contributed by atoms with Crippen molar-refractivity contribution in [1.29, 1.82) is 0 Å². The van der Waals surface area contributed by atoms with Gasteiger partial charge in [0.05, 0.1) is 10.9 Å². The van der Waals surface area contributed by atoms with Gasteiger partial charge in [-0.25, -0.2) is 4.39 Å². The van der Waals surface area contributed by atoms with Crippen LogP contribution in [0.3, 0.4) is 0 Å². The summed E-state index contributed by atoms with van der Waals surface area (Å²) in [6, 6.07) is 0.109. The molecule has 0 spiro atoms. The number of halogens is 2. The average molecular weight is 294 g/mol. The summed E-state index contributed by atoms with van der Waals surface area (Å²) < 4.78 is 13.0. The van der Waals surface area contributed by atoms with Gasteiger partial charge >= 0.3 is 5.97 Å². The number of carbonyl (C=O) groups is 1. The lowest BCUT2D eigenvalue weighted by atomic mass is 10.0. The first kappa shape index (κ1) is 12.7. The molecular weight excluding hydrogens is 285 g/mol. The molecule has 0 aliphatic rings. The van der Waals surface area contributed by atoms with Crippen molar-refractivity contribution < 1.29 is 24.5 Å². The Hall–Kier alpha value is -1.34. The van der Waals surface area contributed by atoms with E-state index in [9.17, 15) is 19.4 Å². The van der Waals surface area contributed by atoms with Crippen molar-refractivity contribution in [3.63, 3.8) is 0 Å². The number of phenolic OH excluding ortho intramolecular Hbond substituents is 2. The number of rotatable bonds is 3. The van der Waals surface area contributed by atoms with Gasteiger partial charge in [-0.2, -0.15) is 0 Å². The summed E-state index contributed by atoms with van der Waals surface area (Å²) in [5, 5.41) is 27.1. The highest BCUT2D eigenvalue weighted by Crippen LogP contribution is 2.39. The van der Waals surface area contributed by atoms with Crippen molar-refractivity contribution in [2.75, 3.05) is 0 Å². The van der Waals surface area contributed by atoms with Crippen molar-refractivity contribution in [3.8, 4) is 11.5 Å². The largest absolute Gasteiger partial charge is 0.504 e. The van der Waals surface area contributed by atoms with Crippen LogP contribution in [0, 0.1) is 5.82 Å². The maximum Gasteiger partial charge on any atom is 0.305 e. The monoisotopic (exact) mass is 293 g/mol. The number of hydrogen-bond donors (Lipinski definition) is 4. The topological polar surface area (TPSA) is 104 Å². The molecule has 0 heterocycles. The molecule has 7 heteroatoms. The molecule has 0 saturated carbocycles. The number of phenols is 2. The molecule has 0 amide bonds. The minimum atomic E-state index is -1.16. The van der Waals surface area contributed by atoms with Crippen LogP contribution < -0.4 is 5.73 Å². The Kier molecular flexibility index (Phi) is 3.71. The minimum absolute atomic E-state index is 0.0341. The Morgan fingerprint density at radius 2 is 2.06 bits per heavy atom. The van der Waals surface area contributed by atoms with Gasteiger partial charge in [-0.1, -0.05) is 0 Å². The third-order valence-corrected chi connectivity index (χ3v) is 2.57. The summed E-state index contributed by atoms with van der Waals surface area (Å²) in [5.41, 5.74) is 5.46. The van der Waals surface area contributed by atoms with E-state index in [1.165, 1.54) is 0 Å². The number of benzene rings is 1. The summed E-state index contributed by atoms with van der Waals surface area (Å²) in [4.78, 5) is 10.4. The minimum Gasteiger partial charge on any atom is -0.504 e. The van der Waals surface area contributed by atoms with Gasteiger partial charge in [-0.05, 0) is 22.0 Å². The second kappa shape index (κ2) is 4.67. The molecule has 16 heavy (non-hydrogen) atoms. The number of aromatic hydroxyl groups is 2. The van der Waals surface area contributed by atoms with Gasteiger partial charge < -0.3 is 21.1 Å². The summed E-state index contributed by atoms with van der Waals surface area (Å²) >= 11 is 2.82. The van der Waals surface area contributed by atoms with Gasteiger partial charge in [0.25, 0.3) is 0 Å². The molecule has 0 saturated heterocycles. The third kappa shape index (κ3) is 2.42. The molecule has 0 aromatic heterocycles. The van der Waals surface area contributed by atoms with E-state index in [2.05, 4.69) is 15.9 Å². The standard InChI is InChI=1S/C9H9BrFNO4/c10-4-1-3(5(12)2-6(13)14)8(15)9(16)7(4)11/h1,5,15-16H,2,12H2,(H,13,14). The summed E-state index contributed by atoms with van der Waals surface area (Å²) in [7, 11) is 0. The van der Waals surface area contributed by atoms with Gasteiger partial charge in [0.2, 0.25) is 0 Å². The second-order valence-corrected chi connectivity index (χ2v) is 4.02. The second-order valence-electron chi connectivity index (χ2n) is 3.16. The Bertz CT molecular complexity index is 438. The van der Waals surface area contributed by atoms with E-state index in [0.717, 1.165) is 6.07 Å². The van der Waals surface area contributed by atoms with E-state index in [4.69, 9.17) is 10.8 Å². The zero-order valence-corrected chi connectivity index (χ0v) is 9.53. The fraction of sp³-hybridized carbons (Fsp3) is 0.222.